The van der Waals surface area contributed by atoms with Crippen LogP contribution < -0.4 is 11.4 Å². The summed E-state index contributed by atoms with van der Waals surface area (Å²) in [6.45, 7) is 2.40. The van der Waals surface area contributed by atoms with Gasteiger partial charge in [-0.25, -0.2) is 4.79 Å². The van der Waals surface area contributed by atoms with E-state index in [0.29, 0.717) is 4.57 Å². The van der Waals surface area contributed by atoms with Crippen LogP contribution in [0.1, 0.15) is 27.7 Å². The third-order valence-electron chi connectivity index (χ3n) is 4.93. The summed E-state index contributed by atoms with van der Waals surface area (Å²) in [6.07, 6.45) is -0.968. The Morgan fingerprint density at radius 1 is 1.21 bits per heavy atom. The van der Waals surface area contributed by atoms with Crippen molar-refractivity contribution in [3.63, 3.8) is 0 Å². The monoisotopic (exact) mass is 411 g/mol. The summed E-state index contributed by atoms with van der Waals surface area (Å²) in [5, 5.41) is 21.1. The first kappa shape index (κ1) is 22.3. The van der Waals surface area contributed by atoms with E-state index >= 15 is 0 Å². The van der Waals surface area contributed by atoms with E-state index in [2.05, 4.69) is 4.98 Å². The van der Waals surface area contributed by atoms with E-state index in [9.17, 15) is 34.2 Å². The number of carbonyl (C=O) groups is 4. The molecule has 0 saturated carbocycles. The van der Waals surface area contributed by atoms with Crippen molar-refractivity contribution in [1.29, 1.82) is 0 Å². The Bertz CT molecular complexity index is 958. The zero-order valence-corrected chi connectivity index (χ0v) is 16.2. The van der Waals surface area contributed by atoms with Crippen LogP contribution in [0.25, 0.3) is 0 Å². The largest absolute Gasteiger partial charge is 0.442 e. The molecule has 4 N–H and O–H groups in total. The maximum atomic E-state index is 12.9. The van der Waals surface area contributed by atoms with E-state index in [0.717, 1.165) is 40.0 Å². The highest BCUT2D eigenvalue weighted by Crippen LogP contribution is 2.53. The zero-order chi connectivity index (χ0) is 22.4. The molecule has 1 saturated heterocycles. The van der Waals surface area contributed by atoms with E-state index in [1.165, 1.54) is 0 Å². The number of hydrogen-bond acceptors (Lipinski definition) is 11. The highest BCUT2D eigenvalue weighted by molar-refractivity contribution is 6.06. The predicted octanol–water partition coefficient (Wildman–Crippen LogP) is -2.33. The average molecular weight is 411 g/mol. The second-order valence-electron chi connectivity index (χ2n) is 6.65. The van der Waals surface area contributed by atoms with Gasteiger partial charge in [0, 0.05) is 13.1 Å². The first-order valence-corrected chi connectivity index (χ1v) is 8.42. The van der Waals surface area contributed by atoms with Crippen LogP contribution >= 0.6 is 0 Å². The second kappa shape index (κ2) is 7.13. The molecule has 2 heterocycles. The molecule has 12 heteroatoms. The molecule has 1 aliphatic heterocycles. The van der Waals surface area contributed by atoms with Crippen LogP contribution in [-0.2, 0) is 34.4 Å². The molecule has 0 radical (unpaired) electrons. The first-order chi connectivity index (χ1) is 13.3. The minimum Gasteiger partial charge on any atom is -0.442 e. The lowest BCUT2D eigenvalue weighted by molar-refractivity contribution is -0.222. The van der Waals surface area contributed by atoms with Gasteiger partial charge in [-0.15, -0.1) is 0 Å². The van der Waals surface area contributed by atoms with Crippen LogP contribution in [0.5, 0.6) is 0 Å². The zero-order valence-electron chi connectivity index (χ0n) is 16.2. The number of nitrogen functional groups attached to an aromatic ring is 1. The van der Waals surface area contributed by atoms with Crippen LogP contribution in [0, 0.1) is 0 Å². The Balaban J connectivity index is 3.14. The number of aliphatic hydroxyl groups excluding tert-OH is 1. The third-order valence-corrected chi connectivity index (χ3v) is 4.93. The standard InChI is InChI=1S/C17H21N3O9/c1-8(22)15(27)12(7-21)29-17(10(3)24,16(15,9(2)23)28-11(4)25)20-6-5-13(18)19-14(20)26/h5-6,12,21,27H,7H2,1-4H3,(H2,18,19,26)/t12-,15-,16-,17-/m1/s1. The fourth-order valence-corrected chi connectivity index (χ4v) is 3.83. The van der Waals surface area contributed by atoms with Gasteiger partial charge in [0.25, 0.3) is 11.3 Å². The van der Waals surface area contributed by atoms with Crippen molar-refractivity contribution in [1.82, 2.24) is 9.55 Å². The highest BCUT2D eigenvalue weighted by Gasteiger charge is 2.83. The Labute approximate surface area is 164 Å². The molecular formula is C17H21N3O9. The van der Waals surface area contributed by atoms with Gasteiger partial charge in [0.05, 0.1) is 6.61 Å². The molecule has 158 valence electrons. The molecule has 1 aliphatic rings. The summed E-state index contributed by atoms with van der Waals surface area (Å²) in [5.74, 6) is -4.81. The fraction of sp³-hybridized carbons (Fsp3) is 0.529. The molecule has 0 aromatic carbocycles. The van der Waals surface area contributed by atoms with Crippen molar-refractivity contribution in [3.8, 4) is 0 Å². The number of carbonyl (C=O) groups excluding carboxylic acids is 4. The van der Waals surface area contributed by atoms with E-state index in [1.807, 2.05) is 0 Å². The molecule has 0 aliphatic carbocycles. The van der Waals surface area contributed by atoms with Crippen LogP contribution in [0.15, 0.2) is 17.1 Å². The number of nitrogens with zero attached hydrogens (tertiary/aromatic N) is 2. The van der Waals surface area contributed by atoms with E-state index in [-0.39, 0.29) is 5.82 Å². The average Bonchev–Trinajstić information content (AvgIpc) is 2.83. The van der Waals surface area contributed by atoms with Gasteiger partial charge in [-0.3, -0.25) is 23.7 Å². The fourth-order valence-electron chi connectivity index (χ4n) is 3.83. The number of anilines is 1. The second-order valence-corrected chi connectivity index (χ2v) is 6.65. The summed E-state index contributed by atoms with van der Waals surface area (Å²) >= 11 is 0. The lowest BCUT2D eigenvalue weighted by Gasteiger charge is -2.45. The van der Waals surface area contributed by atoms with Gasteiger partial charge < -0.3 is 25.4 Å². The first-order valence-electron chi connectivity index (χ1n) is 8.42. The molecular weight excluding hydrogens is 390 g/mol. The van der Waals surface area contributed by atoms with Crippen molar-refractivity contribution in [2.75, 3.05) is 12.3 Å². The Hall–Kier alpha value is -2.96. The summed E-state index contributed by atoms with van der Waals surface area (Å²) in [7, 11) is 0. The minimum atomic E-state index is -3.04. The predicted molar refractivity (Wildman–Crippen MR) is 94.3 cm³/mol. The number of aliphatic hydroxyl groups is 2. The quantitative estimate of drug-likeness (QED) is 0.426. The SMILES string of the molecule is CC(=O)O[C@]1(C(C)=O)[C@@](O)(C(C)=O)[C@@H](CO)O[C@@]1(C(C)=O)n1ccc(N)nc1=O. The third kappa shape index (κ3) is 2.71. The molecule has 2 rings (SSSR count). The van der Waals surface area contributed by atoms with Gasteiger partial charge in [-0.05, 0) is 26.8 Å². The number of aromatic nitrogens is 2. The van der Waals surface area contributed by atoms with Gasteiger partial charge in [-0.1, -0.05) is 0 Å². The Kier molecular flexibility index (Phi) is 5.49. The van der Waals surface area contributed by atoms with Crippen LogP contribution in [0.2, 0.25) is 0 Å². The van der Waals surface area contributed by atoms with E-state index in [1.54, 1.807) is 0 Å². The molecule has 4 atom stereocenters. The Morgan fingerprint density at radius 3 is 2.17 bits per heavy atom. The van der Waals surface area contributed by atoms with Crippen molar-refractivity contribution < 1.29 is 38.9 Å². The smallest absolute Gasteiger partial charge is 0.352 e. The van der Waals surface area contributed by atoms with Crippen LogP contribution in [0.4, 0.5) is 5.82 Å². The number of rotatable bonds is 6. The van der Waals surface area contributed by atoms with Crippen molar-refractivity contribution >= 4 is 29.1 Å². The number of ether oxygens (including phenoxy) is 2. The van der Waals surface area contributed by atoms with Gasteiger partial charge in [0.1, 0.15) is 11.9 Å². The maximum Gasteiger partial charge on any atom is 0.352 e. The van der Waals surface area contributed by atoms with Gasteiger partial charge in [0.2, 0.25) is 5.60 Å². The van der Waals surface area contributed by atoms with Crippen LogP contribution in [-0.4, -0.2) is 67.0 Å². The molecule has 0 unspecified atom stereocenters. The molecule has 0 amide bonds. The molecule has 1 fully saturated rings. The number of ketones is 3. The van der Waals surface area contributed by atoms with Gasteiger partial charge in [0.15, 0.2) is 17.3 Å². The molecule has 12 nitrogen and oxygen atoms in total. The molecule has 1 aromatic heterocycles. The van der Waals surface area contributed by atoms with Crippen LogP contribution in [0.3, 0.4) is 0 Å². The molecule has 0 bridgehead atoms. The summed E-state index contributed by atoms with van der Waals surface area (Å²) in [4.78, 5) is 66.3. The van der Waals surface area contributed by atoms with Gasteiger partial charge >= 0.3 is 11.7 Å². The number of hydrogen-bond donors (Lipinski definition) is 3. The summed E-state index contributed by atoms with van der Waals surface area (Å²) < 4.78 is 11.2. The minimum absolute atomic E-state index is 0.232. The number of Topliss-reactive ketones (excluding diaryl/α,β-unsaturated/α-hetero) is 3. The topological polar surface area (TPSA) is 188 Å². The highest BCUT2D eigenvalue weighted by atomic mass is 16.6. The lowest BCUT2D eigenvalue weighted by Crippen LogP contribution is -2.75. The molecule has 29 heavy (non-hydrogen) atoms. The molecule has 1 aromatic rings. The van der Waals surface area contributed by atoms with E-state index in [4.69, 9.17) is 15.2 Å². The Morgan fingerprint density at radius 2 is 1.79 bits per heavy atom. The summed E-state index contributed by atoms with van der Waals surface area (Å²) in [6, 6.07) is 1.09. The van der Waals surface area contributed by atoms with Gasteiger partial charge in [-0.2, -0.15) is 4.98 Å². The van der Waals surface area contributed by atoms with Crippen molar-refractivity contribution in [2.45, 2.75) is 50.7 Å². The van der Waals surface area contributed by atoms with E-state index < -0.39 is 58.6 Å². The van der Waals surface area contributed by atoms with Crippen molar-refractivity contribution in [2.24, 2.45) is 0 Å². The number of esters is 1. The van der Waals surface area contributed by atoms with Crippen molar-refractivity contribution in [3.05, 3.63) is 22.7 Å². The molecule has 0 spiro atoms. The normalized spacial score (nSPS) is 31.3. The maximum absolute atomic E-state index is 12.9. The lowest BCUT2D eigenvalue weighted by atomic mass is 9.69. The summed E-state index contributed by atoms with van der Waals surface area (Å²) in [5.41, 5.74) is -4.63. The number of nitrogens with two attached hydrogens (primary N) is 1.